The van der Waals surface area contributed by atoms with Gasteiger partial charge in [-0.1, -0.05) is 45.7 Å². The molecule has 1 nitrogen and oxygen atoms in total. The second-order valence-electron chi connectivity index (χ2n) is 3.76. The van der Waals surface area contributed by atoms with Crippen LogP contribution in [-0.4, -0.2) is 23.8 Å². The van der Waals surface area contributed by atoms with Crippen LogP contribution in [0.5, 0.6) is 0 Å². The fourth-order valence-corrected chi connectivity index (χ4v) is 2.19. The van der Waals surface area contributed by atoms with Gasteiger partial charge in [0.05, 0.1) is 6.10 Å². The van der Waals surface area contributed by atoms with Crippen LogP contribution in [0.4, 0.5) is 26.3 Å². The Hall–Kier alpha value is -0.470. The highest BCUT2D eigenvalue weighted by molar-refractivity contribution is 9.09. The highest BCUT2D eigenvalue weighted by atomic mass is 79.9. The molecule has 1 rings (SSSR count). The molecule has 0 radical (unpaired) electrons. The van der Waals surface area contributed by atoms with Crippen LogP contribution in [0.25, 0.3) is 0 Å². The summed E-state index contributed by atoms with van der Waals surface area (Å²) in [5.41, 5.74) is 0.0459. The van der Waals surface area contributed by atoms with Crippen molar-refractivity contribution in [3.63, 3.8) is 0 Å². The minimum Gasteiger partial charge on any atom is -0.352 e. The number of hydrogen-bond acceptors (Lipinski definition) is 1. The van der Waals surface area contributed by atoms with Gasteiger partial charge < -0.3 is 4.74 Å². The molecule has 0 saturated carbocycles. The van der Waals surface area contributed by atoms with Crippen LogP contribution in [0.1, 0.15) is 11.7 Å². The van der Waals surface area contributed by atoms with Gasteiger partial charge in [-0.05, 0) is 6.07 Å². The van der Waals surface area contributed by atoms with Crippen molar-refractivity contribution in [3.05, 3.63) is 34.9 Å². The lowest BCUT2D eigenvalue weighted by Gasteiger charge is -2.27. The van der Waals surface area contributed by atoms with Crippen molar-refractivity contribution in [2.75, 3.05) is 5.33 Å². The van der Waals surface area contributed by atoms with Crippen molar-refractivity contribution in [1.29, 1.82) is 0 Å². The molecule has 20 heavy (non-hydrogen) atoms. The molecular weight excluding hydrogens is 377 g/mol. The summed E-state index contributed by atoms with van der Waals surface area (Å²) in [4.78, 5) is 0. The van der Waals surface area contributed by atoms with Gasteiger partial charge in [-0.2, -0.15) is 26.3 Å². The third-order valence-corrected chi connectivity index (χ3v) is 3.22. The predicted octanol–water partition coefficient (Wildman–Crippen LogP) is 5.29. The second-order valence-corrected chi connectivity index (χ2v) is 4.82. The van der Waals surface area contributed by atoms with E-state index in [1.54, 1.807) is 0 Å². The minimum atomic E-state index is -5.56. The number of rotatable bonds is 4. The highest BCUT2D eigenvalue weighted by Gasteiger charge is 2.58. The average molecular weight is 386 g/mol. The normalized spacial score (nSPS) is 14.7. The van der Waals surface area contributed by atoms with Crippen molar-refractivity contribution < 1.29 is 31.1 Å². The van der Waals surface area contributed by atoms with Crippen molar-refractivity contribution >= 4 is 27.5 Å². The molecule has 0 aliphatic rings. The van der Waals surface area contributed by atoms with Crippen LogP contribution in [0, 0.1) is 0 Å². The summed E-state index contributed by atoms with van der Waals surface area (Å²) in [6, 6.07) is 5.60. The number of ether oxygens (including phenoxy) is 1. The SMILES string of the molecule is FC(F)(F)C(OC(CBr)c1ccccc1Cl)C(F)(F)F. The second kappa shape index (κ2) is 6.53. The summed E-state index contributed by atoms with van der Waals surface area (Å²) < 4.78 is 78.8. The summed E-state index contributed by atoms with van der Waals surface area (Å²) in [5, 5.41) is -0.237. The monoisotopic (exact) mass is 384 g/mol. The molecule has 0 saturated heterocycles. The van der Waals surface area contributed by atoms with Crippen LogP contribution in [0.3, 0.4) is 0 Å². The zero-order chi connectivity index (χ0) is 15.6. The maximum absolute atomic E-state index is 12.4. The van der Waals surface area contributed by atoms with Crippen LogP contribution in [0.2, 0.25) is 5.02 Å². The van der Waals surface area contributed by atoms with E-state index < -0.39 is 24.6 Å². The average Bonchev–Trinajstić information content (AvgIpc) is 2.28. The third kappa shape index (κ3) is 4.53. The molecule has 0 aliphatic carbocycles. The molecule has 0 amide bonds. The molecule has 114 valence electrons. The van der Waals surface area contributed by atoms with Gasteiger partial charge in [0.1, 0.15) is 0 Å². The van der Waals surface area contributed by atoms with E-state index in [-0.39, 0.29) is 15.9 Å². The molecular formula is C11H8BrClF6O. The summed E-state index contributed by atoms with van der Waals surface area (Å²) in [6.07, 6.45) is -16.5. The van der Waals surface area contributed by atoms with Crippen molar-refractivity contribution in [2.45, 2.75) is 24.6 Å². The molecule has 9 heteroatoms. The van der Waals surface area contributed by atoms with E-state index in [0.29, 0.717) is 0 Å². The van der Waals surface area contributed by atoms with Crippen molar-refractivity contribution in [3.8, 4) is 0 Å². The Bertz CT molecular complexity index is 433. The maximum atomic E-state index is 12.4. The quantitative estimate of drug-likeness (QED) is 0.506. The first kappa shape index (κ1) is 17.6. The smallest absolute Gasteiger partial charge is 0.352 e. The van der Waals surface area contributed by atoms with E-state index in [2.05, 4.69) is 20.7 Å². The van der Waals surface area contributed by atoms with Gasteiger partial charge in [0, 0.05) is 15.9 Å². The lowest BCUT2D eigenvalue weighted by atomic mass is 10.1. The van der Waals surface area contributed by atoms with Gasteiger partial charge in [-0.15, -0.1) is 0 Å². The van der Waals surface area contributed by atoms with Gasteiger partial charge >= 0.3 is 12.4 Å². The predicted molar refractivity (Wildman–Crippen MR) is 65.0 cm³/mol. The number of alkyl halides is 7. The van der Waals surface area contributed by atoms with E-state index in [9.17, 15) is 26.3 Å². The maximum Gasteiger partial charge on any atom is 0.423 e. The zero-order valence-electron chi connectivity index (χ0n) is 9.60. The van der Waals surface area contributed by atoms with Gasteiger partial charge in [0.2, 0.25) is 6.10 Å². The van der Waals surface area contributed by atoms with Crippen LogP contribution >= 0.6 is 27.5 Å². The molecule has 1 aromatic rings. The van der Waals surface area contributed by atoms with E-state index in [0.717, 1.165) is 0 Å². The minimum absolute atomic E-state index is 0.0278. The Morgan fingerprint density at radius 3 is 1.95 bits per heavy atom. The third-order valence-electron chi connectivity index (χ3n) is 2.29. The first-order valence-corrected chi connectivity index (χ1v) is 6.66. The van der Waals surface area contributed by atoms with Crippen molar-refractivity contribution in [1.82, 2.24) is 0 Å². The van der Waals surface area contributed by atoms with Gasteiger partial charge in [0.25, 0.3) is 0 Å². The lowest BCUT2D eigenvalue weighted by molar-refractivity contribution is -0.330. The molecule has 1 unspecified atom stereocenters. The van der Waals surface area contributed by atoms with Gasteiger partial charge in [0.15, 0.2) is 0 Å². The Labute approximate surface area is 124 Å². The molecule has 0 N–H and O–H groups in total. The van der Waals surface area contributed by atoms with Crippen LogP contribution < -0.4 is 0 Å². The van der Waals surface area contributed by atoms with E-state index >= 15 is 0 Å². The highest BCUT2D eigenvalue weighted by Crippen LogP contribution is 2.40. The molecule has 1 aromatic carbocycles. The van der Waals surface area contributed by atoms with E-state index in [1.807, 2.05) is 0 Å². The number of hydrogen-bond donors (Lipinski definition) is 0. The van der Waals surface area contributed by atoms with Gasteiger partial charge in [-0.25, -0.2) is 0 Å². The molecule has 0 aliphatic heterocycles. The summed E-state index contributed by atoms with van der Waals surface area (Å²) in [6.45, 7) is 0. The van der Waals surface area contributed by atoms with Crippen LogP contribution in [0.15, 0.2) is 24.3 Å². The topological polar surface area (TPSA) is 9.23 Å². The first-order chi connectivity index (χ1) is 9.07. The van der Waals surface area contributed by atoms with Crippen LogP contribution in [-0.2, 0) is 4.74 Å². The Kier molecular flexibility index (Phi) is 5.74. The Morgan fingerprint density at radius 1 is 1.05 bits per heavy atom. The van der Waals surface area contributed by atoms with E-state index in [1.165, 1.54) is 24.3 Å². The molecule has 0 fully saturated rings. The lowest BCUT2D eigenvalue weighted by Crippen LogP contribution is -2.45. The number of benzene rings is 1. The molecule has 0 bridgehead atoms. The fraction of sp³-hybridized carbons (Fsp3) is 0.455. The Morgan fingerprint density at radius 2 is 1.55 bits per heavy atom. The fourth-order valence-electron chi connectivity index (χ4n) is 1.43. The first-order valence-electron chi connectivity index (χ1n) is 5.16. The molecule has 1 atom stereocenters. The van der Waals surface area contributed by atoms with Crippen molar-refractivity contribution in [2.24, 2.45) is 0 Å². The molecule has 0 aromatic heterocycles. The standard InChI is InChI=1S/C11H8BrClF6O/c12-5-8(6-3-1-2-4-7(6)13)20-9(10(14,15)16)11(17,18)19/h1-4,8-9H,5H2. The zero-order valence-corrected chi connectivity index (χ0v) is 11.9. The summed E-state index contributed by atoms with van der Waals surface area (Å²) in [5.74, 6) is 0. The Balaban J connectivity index is 3.05. The summed E-state index contributed by atoms with van der Waals surface area (Å²) >= 11 is 8.58. The largest absolute Gasteiger partial charge is 0.423 e. The van der Waals surface area contributed by atoms with E-state index in [4.69, 9.17) is 11.6 Å². The number of halogens is 8. The molecule has 0 heterocycles. The van der Waals surface area contributed by atoms with Gasteiger partial charge in [-0.3, -0.25) is 0 Å². The molecule has 0 spiro atoms. The summed E-state index contributed by atoms with van der Waals surface area (Å²) in [7, 11) is 0.